The Morgan fingerprint density at radius 3 is 2.67 bits per heavy atom. The molecule has 0 saturated heterocycles. The van der Waals surface area contributed by atoms with Crippen molar-refractivity contribution in [2.24, 2.45) is 0 Å². The van der Waals surface area contributed by atoms with Gasteiger partial charge in [0.15, 0.2) is 0 Å². The van der Waals surface area contributed by atoms with Gasteiger partial charge >= 0.3 is 0 Å². The number of hydrogen-bond donors (Lipinski definition) is 1. The Balaban J connectivity index is 2.09. The minimum Gasteiger partial charge on any atom is -0.354 e. The molecule has 21 heavy (non-hydrogen) atoms. The first-order chi connectivity index (χ1) is 10.4. The summed E-state index contributed by atoms with van der Waals surface area (Å²) in [6.45, 7) is 0. The van der Waals surface area contributed by atoms with Gasteiger partial charge in [0, 0.05) is 21.8 Å². The average molecular weight is 269 g/mol. The first-order valence-electron chi connectivity index (χ1n) is 7.53. The lowest BCUT2D eigenvalue weighted by Crippen LogP contribution is -1.94. The van der Waals surface area contributed by atoms with Crippen LogP contribution in [0.15, 0.2) is 54.6 Å². The molecule has 1 nitrogen and oxygen atoms in total. The number of rotatable bonds is 0. The van der Waals surface area contributed by atoms with Crippen molar-refractivity contribution < 1.29 is 0 Å². The zero-order valence-corrected chi connectivity index (χ0v) is 11.7. The zero-order chi connectivity index (χ0) is 13.8. The van der Waals surface area contributed by atoms with Crippen LogP contribution in [-0.4, -0.2) is 4.98 Å². The lowest BCUT2D eigenvalue weighted by atomic mass is 9.92. The zero-order valence-electron chi connectivity index (χ0n) is 11.7. The van der Waals surface area contributed by atoms with Gasteiger partial charge < -0.3 is 4.98 Å². The molecule has 0 unspecified atom stereocenters. The average Bonchev–Trinajstić information content (AvgIpc) is 2.94. The van der Waals surface area contributed by atoms with Crippen LogP contribution in [0.5, 0.6) is 0 Å². The van der Waals surface area contributed by atoms with Crippen LogP contribution in [0.1, 0.15) is 17.5 Å². The van der Waals surface area contributed by atoms with Gasteiger partial charge in [-0.3, -0.25) is 0 Å². The molecule has 1 aromatic heterocycles. The van der Waals surface area contributed by atoms with Gasteiger partial charge in [-0.05, 0) is 46.9 Å². The van der Waals surface area contributed by atoms with Crippen molar-refractivity contribution in [1.82, 2.24) is 4.98 Å². The molecule has 1 N–H and O–H groups in total. The number of benzene rings is 3. The Kier molecular flexibility index (Phi) is 2.12. The normalized spacial score (nSPS) is 14.1. The van der Waals surface area contributed by atoms with Crippen LogP contribution in [0.4, 0.5) is 0 Å². The Morgan fingerprint density at radius 2 is 1.67 bits per heavy atom. The smallest absolute Gasteiger partial charge is 0.0471 e. The van der Waals surface area contributed by atoms with Crippen molar-refractivity contribution in [2.45, 2.75) is 12.8 Å². The molecule has 0 amide bonds. The lowest BCUT2D eigenvalue weighted by molar-refractivity contribution is 0.990. The Hall–Kier alpha value is -2.54. The summed E-state index contributed by atoms with van der Waals surface area (Å²) in [5.74, 6) is 0. The molecule has 1 aliphatic rings. The number of fused-ring (bicyclic) bond motifs is 7. The second-order valence-electron chi connectivity index (χ2n) is 5.84. The SMILES string of the molecule is C1=Cc2c(ccc3[nH]c4ccc5ccccc5c4c23)CC1. The van der Waals surface area contributed by atoms with E-state index in [0.717, 1.165) is 12.8 Å². The number of aryl methyl sites for hydroxylation is 1. The minimum atomic E-state index is 1.15. The summed E-state index contributed by atoms with van der Waals surface area (Å²) in [4.78, 5) is 3.59. The summed E-state index contributed by atoms with van der Waals surface area (Å²) in [6, 6.07) is 17.6. The maximum atomic E-state index is 3.59. The highest BCUT2D eigenvalue weighted by atomic mass is 14.7. The van der Waals surface area contributed by atoms with E-state index in [0.29, 0.717) is 0 Å². The molecule has 0 bridgehead atoms. The number of allylic oxidation sites excluding steroid dienone is 1. The molecule has 0 atom stereocenters. The van der Waals surface area contributed by atoms with Gasteiger partial charge in [-0.15, -0.1) is 0 Å². The van der Waals surface area contributed by atoms with Gasteiger partial charge in [0.1, 0.15) is 0 Å². The largest absolute Gasteiger partial charge is 0.354 e. The fourth-order valence-electron chi connectivity index (χ4n) is 3.67. The van der Waals surface area contributed by atoms with E-state index < -0.39 is 0 Å². The summed E-state index contributed by atoms with van der Waals surface area (Å²) < 4.78 is 0. The van der Waals surface area contributed by atoms with Crippen molar-refractivity contribution in [2.75, 3.05) is 0 Å². The summed E-state index contributed by atoms with van der Waals surface area (Å²) in [7, 11) is 0. The number of aromatic amines is 1. The van der Waals surface area contributed by atoms with Crippen molar-refractivity contribution in [1.29, 1.82) is 0 Å². The van der Waals surface area contributed by atoms with E-state index in [9.17, 15) is 0 Å². The number of hydrogen-bond acceptors (Lipinski definition) is 0. The number of nitrogens with one attached hydrogen (secondary N) is 1. The molecule has 0 saturated carbocycles. The molecule has 3 aromatic carbocycles. The molecule has 0 radical (unpaired) electrons. The Bertz CT molecular complexity index is 1030. The molecule has 5 rings (SSSR count). The minimum absolute atomic E-state index is 1.15. The number of aromatic nitrogens is 1. The molecule has 0 spiro atoms. The summed E-state index contributed by atoms with van der Waals surface area (Å²) in [6.07, 6.45) is 6.91. The van der Waals surface area contributed by atoms with Crippen molar-refractivity contribution in [3.63, 3.8) is 0 Å². The predicted octanol–water partition coefficient (Wildman–Crippen LogP) is 5.43. The van der Waals surface area contributed by atoms with E-state index in [-0.39, 0.29) is 0 Å². The highest BCUT2D eigenvalue weighted by Gasteiger charge is 2.14. The van der Waals surface area contributed by atoms with Gasteiger partial charge in [-0.25, -0.2) is 0 Å². The molecule has 1 heterocycles. The van der Waals surface area contributed by atoms with Crippen LogP contribution in [0.2, 0.25) is 0 Å². The van der Waals surface area contributed by atoms with Crippen LogP contribution < -0.4 is 0 Å². The summed E-state index contributed by atoms with van der Waals surface area (Å²) >= 11 is 0. The van der Waals surface area contributed by atoms with Crippen LogP contribution in [0.25, 0.3) is 38.7 Å². The predicted molar refractivity (Wildman–Crippen MR) is 90.7 cm³/mol. The lowest BCUT2D eigenvalue weighted by Gasteiger charge is -2.12. The van der Waals surface area contributed by atoms with Crippen LogP contribution in [-0.2, 0) is 6.42 Å². The van der Waals surface area contributed by atoms with E-state index in [1.807, 2.05) is 0 Å². The van der Waals surface area contributed by atoms with Crippen LogP contribution >= 0.6 is 0 Å². The van der Waals surface area contributed by atoms with Gasteiger partial charge in [0.2, 0.25) is 0 Å². The maximum absolute atomic E-state index is 3.59. The molecule has 1 aliphatic carbocycles. The first-order valence-corrected chi connectivity index (χ1v) is 7.53. The summed E-state index contributed by atoms with van der Waals surface area (Å²) in [5.41, 5.74) is 5.35. The van der Waals surface area contributed by atoms with Crippen LogP contribution in [0, 0.1) is 0 Å². The summed E-state index contributed by atoms with van der Waals surface area (Å²) in [5, 5.41) is 5.40. The third-order valence-corrected chi connectivity index (χ3v) is 4.65. The highest BCUT2D eigenvalue weighted by Crippen LogP contribution is 2.37. The third kappa shape index (κ3) is 1.46. The maximum Gasteiger partial charge on any atom is 0.0471 e. The monoisotopic (exact) mass is 269 g/mol. The van der Waals surface area contributed by atoms with E-state index in [4.69, 9.17) is 0 Å². The van der Waals surface area contributed by atoms with Gasteiger partial charge in [-0.2, -0.15) is 0 Å². The Morgan fingerprint density at radius 1 is 0.810 bits per heavy atom. The van der Waals surface area contributed by atoms with Crippen LogP contribution in [0.3, 0.4) is 0 Å². The molecular weight excluding hydrogens is 254 g/mol. The molecule has 0 aliphatic heterocycles. The number of H-pyrrole nitrogens is 1. The second kappa shape index (κ2) is 3.98. The highest BCUT2D eigenvalue weighted by molar-refractivity contribution is 6.22. The molecule has 4 aromatic rings. The van der Waals surface area contributed by atoms with Gasteiger partial charge in [0.05, 0.1) is 0 Å². The first kappa shape index (κ1) is 11.2. The van der Waals surface area contributed by atoms with Crippen molar-refractivity contribution in [3.05, 3.63) is 65.7 Å². The van der Waals surface area contributed by atoms with E-state index in [2.05, 4.69) is 65.7 Å². The molecule has 1 heteroatoms. The molecule has 100 valence electrons. The fourth-order valence-corrected chi connectivity index (χ4v) is 3.67. The van der Waals surface area contributed by atoms with E-state index in [1.165, 1.54) is 43.7 Å². The van der Waals surface area contributed by atoms with Gasteiger partial charge in [0.25, 0.3) is 0 Å². The van der Waals surface area contributed by atoms with Gasteiger partial charge in [-0.1, -0.05) is 48.6 Å². The second-order valence-corrected chi connectivity index (χ2v) is 5.84. The van der Waals surface area contributed by atoms with E-state index >= 15 is 0 Å². The van der Waals surface area contributed by atoms with Crippen molar-refractivity contribution in [3.8, 4) is 0 Å². The van der Waals surface area contributed by atoms with E-state index in [1.54, 1.807) is 0 Å². The topological polar surface area (TPSA) is 15.8 Å². The molecule has 0 fully saturated rings. The quantitative estimate of drug-likeness (QED) is 0.438. The van der Waals surface area contributed by atoms with Crippen molar-refractivity contribution >= 4 is 38.7 Å². The third-order valence-electron chi connectivity index (χ3n) is 4.65. The standard InChI is InChI=1S/C20H15N/c1-3-7-15-13(5-1)9-11-17-19(15)20-16-8-4-2-6-14(16)10-12-18(20)21-17/h1,3-5,7-12,21H,2,6H2. The molecular formula is C20H15N. The Labute approximate surface area is 122 Å². The fraction of sp³-hybridized carbons (Fsp3) is 0.100.